The van der Waals surface area contributed by atoms with E-state index in [1.54, 1.807) is 24.3 Å². The van der Waals surface area contributed by atoms with Crippen molar-refractivity contribution in [1.29, 1.82) is 0 Å². The molecule has 0 saturated carbocycles. The summed E-state index contributed by atoms with van der Waals surface area (Å²) in [4.78, 5) is 14.5. The third kappa shape index (κ3) is 6.18. The molecule has 288 valence electrons. The number of ether oxygens (including phenoxy) is 2. The summed E-state index contributed by atoms with van der Waals surface area (Å²) < 4.78 is 14.4. The number of phenols is 2. The molecule has 10 nitrogen and oxygen atoms in total. The largest absolute Gasteiger partial charge is 0.508 e. The first-order chi connectivity index (χ1) is 27.4. The van der Waals surface area contributed by atoms with Gasteiger partial charge in [0.1, 0.15) is 23.7 Å². The summed E-state index contributed by atoms with van der Waals surface area (Å²) in [6.07, 6.45) is 9.80. The first kappa shape index (κ1) is 35.4. The lowest BCUT2D eigenvalue weighted by Crippen LogP contribution is -2.56. The van der Waals surface area contributed by atoms with Crippen molar-refractivity contribution in [3.05, 3.63) is 96.3 Å². The molecule has 9 heterocycles. The van der Waals surface area contributed by atoms with E-state index in [0.717, 1.165) is 82.7 Å². The van der Waals surface area contributed by atoms with Crippen molar-refractivity contribution in [2.45, 2.75) is 76.7 Å². The molecular weight excluding hydrogens is 701 g/mol. The monoisotopic (exact) mass is 750 g/mol. The summed E-state index contributed by atoms with van der Waals surface area (Å²) in [5.74, 6) is 3.98. The van der Waals surface area contributed by atoms with Crippen LogP contribution in [-0.4, -0.2) is 78.4 Å². The summed E-state index contributed by atoms with van der Waals surface area (Å²) in [7, 11) is 0. The first-order valence-corrected chi connectivity index (χ1v) is 20.7. The third-order valence-electron chi connectivity index (χ3n) is 13.8. The Hall–Kier alpha value is -5.06. The Labute approximate surface area is 327 Å². The van der Waals surface area contributed by atoms with Crippen LogP contribution in [0.25, 0.3) is 32.6 Å². The molecule has 2 N–H and O–H groups in total. The molecular formula is C46H50N6O4. The molecule has 6 aromatic rings. The SMILES string of the molecule is CC[C@H]1CN2CC[C@H]1C[C@H]2[C@@H](Oc1nnc(O[C@@H](c2ccnc3ccc(O)cc23)[C@@H]2C[C@@H]3CCN2C[C@@H]3CC)c2ccccc12)c1ccnc2ccc(O)cc12. The lowest BCUT2D eigenvalue weighted by atomic mass is 9.72. The number of hydrogen-bond donors (Lipinski definition) is 2. The van der Waals surface area contributed by atoms with Gasteiger partial charge in [-0.2, -0.15) is 0 Å². The van der Waals surface area contributed by atoms with Crippen molar-refractivity contribution in [3.63, 3.8) is 0 Å². The lowest BCUT2D eigenvalue weighted by molar-refractivity contribution is -0.0505. The van der Waals surface area contributed by atoms with Crippen molar-refractivity contribution in [2.75, 3.05) is 26.2 Å². The quantitative estimate of drug-likeness (QED) is 0.141. The minimum Gasteiger partial charge on any atom is -0.508 e. The molecule has 12 rings (SSSR count). The van der Waals surface area contributed by atoms with Gasteiger partial charge in [-0.1, -0.05) is 38.8 Å². The van der Waals surface area contributed by atoms with E-state index in [1.807, 2.05) is 60.9 Å². The maximum absolute atomic E-state index is 10.6. The van der Waals surface area contributed by atoms with Crippen molar-refractivity contribution in [3.8, 4) is 23.3 Å². The Morgan fingerprint density at radius 3 is 1.50 bits per heavy atom. The number of piperidine rings is 6. The second kappa shape index (κ2) is 14.5. The van der Waals surface area contributed by atoms with Gasteiger partial charge in [-0.25, -0.2) is 0 Å². The van der Waals surface area contributed by atoms with Gasteiger partial charge in [-0.05, 0) is 123 Å². The van der Waals surface area contributed by atoms with Crippen molar-refractivity contribution >= 4 is 32.6 Å². The maximum Gasteiger partial charge on any atom is 0.242 e. The van der Waals surface area contributed by atoms with Gasteiger partial charge in [-0.3, -0.25) is 19.8 Å². The Morgan fingerprint density at radius 2 is 1.09 bits per heavy atom. The molecule has 0 amide bonds. The van der Waals surface area contributed by atoms with E-state index >= 15 is 0 Å². The zero-order valence-electron chi connectivity index (χ0n) is 32.2. The zero-order chi connectivity index (χ0) is 37.9. The summed E-state index contributed by atoms with van der Waals surface area (Å²) in [6, 6.07) is 23.2. The van der Waals surface area contributed by atoms with Crippen molar-refractivity contribution in [1.82, 2.24) is 30.0 Å². The lowest BCUT2D eigenvalue weighted by Gasteiger charge is -2.52. The van der Waals surface area contributed by atoms with E-state index in [-0.39, 0.29) is 35.8 Å². The Morgan fingerprint density at radius 1 is 0.625 bits per heavy atom. The fourth-order valence-electron chi connectivity index (χ4n) is 10.9. The van der Waals surface area contributed by atoms with Crippen molar-refractivity contribution < 1.29 is 19.7 Å². The number of benzene rings is 3. The van der Waals surface area contributed by atoms with E-state index in [0.29, 0.717) is 35.4 Å². The van der Waals surface area contributed by atoms with E-state index in [9.17, 15) is 10.2 Å². The number of rotatable bonds is 10. The van der Waals surface area contributed by atoms with Crippen LogP contribution in [0.15, 0.2) is 85.2 Å². The number of hydrogen-bond acceptors (Lipinski definition) is 10. The highest BCUT2D eigenvalue weighted by molar-refractivity contribution is 5.91. The number of nitrogens with zero attached hydrogens (tertiary/aromatic N) is 6. The van der Waals surface area contributed by atoms with Gasteiger partial charge in [0.05, 0.1) is 33.9 Å². The highest BCUT2D eigenvalue weighted by Crippen LogP contribution is 2.47. The van der Waals surface area contributed by atoms with Gasteiger partial charge in [0.2, 0.25) is 11.8 Å². The molecule has 6 aliphatic rings. The zero-order valence-corrected chi connectivity index (χ0v) is 32.2. The van der Waals surface area contributed by atoms with Crippen LogP contribution < -0.4 is 9.47 Å². The molecule has 56 heavy (non-hydrogen) atoms. The van der Waals surface area contributed by atoms with Crippen LogP contribution in [0.5, 0.6) is 23.3 Å². The van der Waals surface area contributed by atoms with Crippen molar-refractivity contribution in [2.24, 2.45) is 23.7 Å². The van der Waals surface area contributed by atoms with Crippen LogP contribution in [0.4, 0.5) is 0 Å². The molecule has 10 heteroatoms. The van der Waals surface area contributed by atoms with Gasteiger partial charge in [0.25, 0.3) is 0 Å². The number of pyridine rings is 2. The van der Waals surface area contributed by atoms with E-state index in [4.69, 9.17) is 19.7 Å². The third-order valence-corrected chi connectivity index (χ3v) is 13.8. The van der Waals surface area contributed by atoms with Gasteiger partial charge < -0.3 is 19.7 Å². The average molecular weight is 751 g/mol. The maximum atomic E-state index is 10.6. The molecule has 0 radical (unpaired) electrons. The molecule has 0 spiro atoms. The molecule has 4 bridgehead atoms. The van der Waals surface area contributed by atoms with Crippen LogP contribution in [0.1, 0.15) is 75.7 Å². The molecule has 2 unspecified atom stereocenters. The Balaban J connectivity index is 1.06. The van der Waals surface area contributed by atoms with Crippen LogP contribution >= 0.6 is 0 Å². The standard InChI is InChI=1S/C46H50N6O4/c1-3-27-25-51-19-15-29(27)21-41(51)43(33-13-17-47-39-11-9-31(53)23-37(33)39)55-45-35-7-5-6-8-36(35)46(50-49-45)56-44(42-22-30-16-20-52(42)26-28(30)4-2)34-14-18-48-40-12-10-32(54)24-38(34)40/h5-14,17-18,23-24,27-30,41-44,53-54H,3-4,15-16,19-22,25-26H2,1-2H3/t27-,28-,29-,30-,41-,42-,43-,44-/m0/s1. The Kier molecular flexibility index (Phi) is 9.13. The van der Waals surface area contributed by atoms with E-state index < -0.39 is 0 Å². The van der Waals surface area contributed by atoms with Crippen LogP contribution in [0.3, 0.4) is 0 Å². The molecule has 10 atom stereocenters. The van der Waals surface area contributed by atoms with Gasteiger partial charge in [0, 0.05) is 47.4 Å². The molecule has 3 aromatic heterocycles. The van der Waals surface area contributed by atoms with Gasteiger partial charge >= 0.3 is 0 Å². The van der Waals surface area contributed by atoms with Crippen LogP contribution in [-0.2, 0) is 0 Å². The second-order valence-corrected chi connectivity index (χ2v) is 16.7. The van der Waals surface area contributed by atoms with Crippen LogP contribution in [0, 0.1) is 23.7 Å². The molecule has 6 saturated heterocycles. The topological polar surface area (TPSA) is 117 Å². The fourth-order valence-corrected chi connectivity index (χ4v) is 10.9. The highest BCUT2D eigenvalue weighted by Gasteiger charge is 2.46. The molecule has 6 aliphatic heterocycles. The average Bonchev–Trinajstić information content (AvgIpc) is 3.25. The van der Waals surface area contributed by atoms with Crippen LogP contribution in [0.2, 0.25) is 0 Å². The number of aromatic hydroxyl groups is 2. The minimum absolute atomic E-state index is 0.129. The smallest absolute Gasteiger partial charge is 0.242 e. The predicted molar refractivity (Wildman–Crippen MR) is 217 cm³/mol. The van der Waals surface area contributed by atoms with Gasteiger partial charge in [-0.15, -0.1) is 10.2 Å². The Bertz CT molecular complexity index is 2240. The number of phenolic OH excluding ortho intramolecular Hbond substituents is 2. The highest BCUT2D eigenvalue weighted by atomic mass is 16.5. The first-order valence-electron chi connectivity index (χ1n) is 20.7. The summed E-state index contributed by atoms with van der Waals surface area (Å²) in [5, 5.41) is 34.4. The van der Waals surface area contributed by atoms with Gasteiger partial charge in [0.15, 0.2) is 0 Å². The fraction of sp³-hybridized carbons (Fsp3) is 0.435. The number of fused-ring (bicyclic) bond motifs is 9. The summed E-state index contributed by atoms with van der Waals surface area (Å²) in [6.45, 7) is 8.81. The summed E-state index contributed by atoms with van der Waals surface area (Å²) >= 11 is 0. The van der Waals surface area contributed by atoms with E-state index in [2.05, 4.69) is 33.6 Å². The normalized spacial score (nSPS) is 28.1. The molecule has 6 fully saturated rings. The molecule has 3 aromatic carbocycles. The molecule has 0 aliphatic carbocycles. The summed E-state index contributed by atoms with van der Waals surface area (Å²) in [5.41, 5.74) is 3.61. The number of aromatic nitrogens is 4. The van der Waals surface area contributed by atoms with E-state index in [1.165, 1.54) is 25.7 Å². The predicted octanol–water partition coefficient (Wildman–Crippen LogP) is 8.62. The second-order valence-electron chi connectivity index (χ2n) is 16.7. The minimum atomic E-state index is -0.368.